The van der Waals surface area contributed by atoms with E-state index in [1.165, 1.54) is 14.2 Å². The molecule has 1 N–H and O–H groups in total. The fourth-order valence-corrected chi connectivity index (χ4v) is 1.01. The Morgan fingerprint density at radius 3 is 2.27 bits per heavy atom. The van der Waals surface area contributed by atoms with Crippen molar-refractivity contribution in [1.82, 2.24) is 5.32 Å². The summed E-state index contributed by atoms with van der Waals surface area (Å²) in [5, 5.41) is 2.29. The van der Waals surface area contributed by atoms with Gasteiger partial charge in [0.1, 0.15) is 12.5 Å². The van der Waals surface area contributed by atoms with Crippen LogP contribution in [0.15, 0.2) is 0 Å². The van der Waals surface area contributed by atoms with Crippen LogP contribution in [0.3, 0.4) is 0 Å². The molecule has 0 rings (SSSR count). The van der Waals surface area contributed by atoms with Gasteiger partial charge in [-0.05, 0) is 0 Å². The van der Waals surface area contributed by atoms with Gasteiger partial charge in [0.2, 0.25) is 5.91 Å². The first-order valence-electron chi connectivity index (χ1n) is 4.10. The van der Waals surface area contributed by atoms with Crippen molar-refractivity contribution in [2.45, 2.75) is 12.5 Å². The van der Waals surface area contributed by atoms with Gasteiger partial charge in [-0.25, -0.2) is 4.79 Å². The highest BCUT2D eigenvalue weighted by Gasteiger charge is 2.21. The number of methoxy groups -OCH3 is 2. The van der Waals surface area contributed by atoms with Crippen molar-refractivity contribution in [3.05, 3.63) is 0 Å². The Balaban J connectivity index is 4.13. The summed E-state index contributed by atoms with van der Waals surface area (Å²) in [5.74, 6) is -1.79. The molecule has 0 aliphatic carbocycles. The van der Waals surface area contributed by atoms with Gasteiger partial charge in [0, 0.05) is 5.75 Å². The van der Waals surface area contributed by atoms with E-state index in [9.17, 15) is 14.4 Å². The third-order valence-corrected chi connectivity index (χ3v) is 1.90. The second-order valence-electron chi connectivity index (χ2n) is 2.58. The van der Waals surface area contributed by atoms with Crippen LogP contribution in [0.5, 0.6) is 0 Å². The molecule has 0 aliphatic rings. The zero-order valence-electron chi connectivity index (χ0n) is 8.48. The van der Waals surface area contributed by atoms with Crippen LogP contribution in [0.1, 0.15) is 6.42 Å². The lowest BCUT2D eigenvalue weighted by Crippen LogP contribution is -2.43. The number of ether oxygens (including phenoxy) is 2. The van der Waals surface area contributed by atoms with Gasteiger partial charge >= 0.3 is 11.9 Å². The van der Waals surface area contributed by atoms with Crippen LogP contribution < -0.4 is 5.32 Å². The number of rotatable bonds is 5. The van der Waals surface area contributed by atoms with Gasteiger partial charge < -0.3 is 14.8 Å². The van der Waals surface area contributed by atoms with Crippen molar-refractivity contribution in [2.75, 3.05) is 20.0 Å². The van der Waals surface area contributed by atoms with Gasteiger partial charge in [-0.3, -0.25) is 9.59 Å². The molecule has 0 aromatic heterocycles. The molecule has 7 heteroatoms. The Labute approximate surface area is 92.7 Å². The average Bonchev–Trinajstić information content (AvgIpc) is 2.24. The first-order valence-corrected chi connectivity index (χ1v) is 4.73. The standard InChI is InChI=1S/C8H13NO5S/c1-13-7(11)3-6(10)9-5(4-15)8(12)14-2/h5,15H,3-4H2,1-2H3,(H,9,10)/t5-/m0/s1. The molecule has 1 amide bonds. The van der Waals surface area contributed by atoms with E-state index in [0.717, 1.165) is 0 Å². The zero-order chi connectivity index (χ0) is 11.8. The number of amides is 1. The summed E-state index contributed by atoms with van der Waals surface area (Å²) in [6.07, 6.45) is -0.433. The number of hydrogen-bond acceptors (Lipinski definition) is 6. The number of hydrogen-bond donors (Lipinski definition) is 2. The van der Waals surface area contributed by atoms with E-state index in [-0.39, 0.29) is 5.75 Å². The van der Waals surface area contributed by atoms with Crippen LogP contribution in [0.25, 0.3) is 0 Å². The lowest BCUT2D eigenvalue weighted by molar-refractivity contribution is -0.147. The molecule has 0 spiro atoms. The van der Waals surface area contributed by atoms with Crippen molar-refractivity contribution in [2.24, 2.45) is 0 Å². The second kappa shape index (κ2) is 7.10. The molecule has 0 unspecified atom stereocenters. The molecular weight excluding hydrogens is 222 g/mol. The van der Waals surface area contributed by atoms with E-state index in [4.69, 9.17) is 0 Å². The summed E-state index contributed by atoms with van der Waals surface area (Å²) in [6.45, 7) is 0. The van der Waals surface area contributed by atoms with E-state index in [1.807, 2.05) is 0 Å². The van der Waals surface area contributed by atoms with E-state index in [2.05, 4.69) is 27.4 Å². The minimum Gasteiger partial charge on any atom is -0.469 e. The zero-order valence-corrected chi connectivity index (χ0v) is 9.37. The minimum atomic E-state index is -0.851. The molecule has 0 fully saturated rings. The van der Waals surface area contributed by atoms with Crippen LogP contribution in [0, 0.1) is 0 Å². The first-order chi connectivity index (χ1) is 7.04. The van der Waals surface area contributed by atoms with Gasteiger partial charge in [0.05, 0.1) is 14.2 Å². The number of nitrogens with one attached hydrogen (secondary N) is 1. The molecule has 0 aromatic rings. The molecule has 86 valence electrons. The first kappa shape index (κ1) is 13.8. The Morgan fingerprint density at radius 2 is 1.87 bits per heavy atom. The lowest BCUT2D eigenvalue weighted by atomic mass is 10.3. The van der Waals surface area contributed by atoms with Crippen LogP contribution in [-0.2, 0) is 23.9 Å². The van der Waals surface area contributed by atoms with Crippen molar-refractivity contribution < 1.29 is 23.9 Å². The van der Waals surface area contributed by atoms with Crippen LogP contribution in [-0.4, -0.2) is 43.9 Å². The summed E-state index contributed by atoms with van der Waals surface area (Å²) in [7, 11) is 2.37. The van der Waals surface area contributed by atoms with E-state index in [0.29, 0.717) is 0 Å². The van der Waals surface area contributed by atoms with Crippen molar-refractivity contribution in [3.8, 4) is 0 Å². The normalized spacial score (nSPS) is 11.4. The fourth-order valence-electron chi connectivity index (χ4n) is 0.770. The molecule has 15 heavy (non-hydrogen) atoms. The molecular formula is C8H13NO5S. The maximum Gasteiger partial charge on any atom is 0.329 e. The van der Waals surface area contributed by atoms with Crippen LogP contribution >= 0.6 is 12.6 Å². The predicted molar refractivity (Wildman–Crippen MR) is 54.4 cm³/mol. The van der Waals surface area contributed by atoms with E-state index < -0.39 is 30.3 Å². The second-order valence-corrected chi connectivity index (χ2v) is 2.94. The summed E-state index contributed by atoms with van der Waals surface area (Å²) in [4.78, 5) is 32.9. The summed E-state index contributed by atoms with van der Waals surface area (Å²) in [6, 6.07) is -0.851. The molecule has 0 heterocycles. The largest absolute Gasteiger partial charge is 0.469 e. The topological polar surface area (TPSA) is 81.7 Å². The maximum atomic E-state index is 11.1. The molecule has 0 saturated carbocycles. The molecule has 6 nitrogen and oxygen atoms in total. The molecule has 0 aromatic carbocycles. The van der Waals surface area contributed by atoms with Crippen molar-refractivity contribution in [3.63, 3.8) is 0 Å². The predicted octanol–water partition coefficient (Wildman–Crippen LogP) is -0.863. The van der Waals surface area contributed by atoms with Gasteiger partial charge in [0.15, 0.2) is 0 Å². The van der Waals surface area contributed by atoms with Gasteiger partial charge in [-0.1, -0.05) is 0 Å². The summed E-state index contributed by atoms with van der Waals surface area (Å²) in [5.41, 5.74) is 0. The number of thiol groups is 1. The van der Waals surface area contributed by atoms with Gasteiger partial charge in [-0.15, -0.1) is 0 Å². The Hall–Kier alpha value is -1.24. The number of carbonyl (C=O) groups excluding carboxylic acids is 3. The SMILES string of the molecule is COC(=O)CC(=O)N[C@@H](CS)C(=O)OC. The molecule has 0 bridgehead atoms. The highest BCUT2D eigenvalue weighted by molar-refractivity contribution is 7.80. The average molecular weight is 235 g/mol. The monoisotopic (exact) mass is 235 g/mol. The number of esters is 2. The summed E-state index contributed by atoms with van der Waals surface area (Å²) >= 11 is 3.87. The summed E-state index contributed by atoms with van der Waals surface area (Å²) < 4.78 is 8.70. The highest BCUT2D eigenvalue weighted by atomic mass is 32.1. The van der Waals surface area contributed by atoms with Crippen LogP contribution in [0.2, 0.25) is 0 Å². The Bertz CT molecular complexity index is 255. The molecule has 0 aliphatic heterocycles. The molecule has 0 saturated heterocycles. The third kappa shape index (κ3) is 5.26. The van der Waals surface area contributed by atoms with Crippen molar-refractivity contribution >= 4 is 30.5 Å². The Morgan fingerprint density at radius 1 is 1.27 bits per heavy atom. The highest BCUT2D eigenvalue weighted by Crippen LogP contribution is 1.93. The lowest BCUT2D eigenvalue weighted by Gasteiger charge is -2.13. The molecule has 1 atom stereocenters. The van der Waals surface area contributed by atoms with Crippen molar-refractivity contribution in [1.29, 1.82) is 0 Å². The molecule has 0 radical (unpaired) electrons. The van der Waals surface area contributed by atoms with E-state index in [1.54, 1.807) is 0 Å². The minimum absolute atomic E-state index is 0.0968. The van der Waals surface area contributed by atoms with Crippen LogP contribution in [0.4, 0.5) is 0 Å². The quantitative estimate of drug-likeness (QED) is 0.368. The van der Waals surface area contributed by atoms with Gasteiger partial charge in [-0.2, -0.15) is 12.6 Å². The third-order valence-electron chi connectivity index (χ3n) is 1.54. The van der Waals surface area contributed by atoms with Gasteiger partial charge in [0.25, 0.3) is 0 Å². The Kier molecular flexibility index (Phi) is 6.52. The maximum absolute atomic E-state index is 11.1. The fraction of sp³-hybridized carbons (Fsp3) is 0.625. The van der Waals surface area contributed by atoms with E-state index >= 15 is 0 Å². The number of carbonyl (C=O) groups is 3. The smallest absolute Gasteiger partial charge is 0.329 e.